The number of ether oxygens (including phenoxy) is 2. The van der Waals surface area contributed by atoms with Crippen LogP contribution in [0.1, 0.15) is 58.8 Å². The fraction of sp³-hybridized carbons (Fsp3) is 0.760. The summed E-state index contributed by atoms with van der Waals surface area (Å²) < 4.78 is 11.8. The molecular formula is C25H34O4. The predicted octanol–water partition coefficient (Wildman–Crippen LogP) is 4.69. The minimum atomic E-state index is -0.290. The number of carbonyl (C=O) groups is 2. The molecule has 0 N–H and O–H groups in total. The number of esters is 2. The molecule has 0 heterocycles. The van der Waals surface area contributed by atoms with Crippen LogP contribution in [0, 0.1) is 46.3 Å². The smallest absolute Gasteiger partial charge is 0.333 e. The molecule has 7 aliphatic rings. The second-order valence-corrected chi connectivity index (χ2v) is 11.0. The number of carbonyl (C=O) groups excluding carboxylic acids is 2. The molecule has 0 aliphatic heterocycles. The first kappa shape index (κ1) is 19.4. The summed E-state index contributed by atoms with van der Waals surface area (Å²) >= 11 is 0. The molecule has 0 radical (unpaired) electrons. The Kier molecular flexibility index (Phi) is 4.32. The van der Waals surface area contributed by atoms with Crippen molar-refractivity contribution in [3.05, 3.63) is 24.3 Å². The Morgan fingerprint density at radius 3 is 2.24 bits per heavy atom. The lowest BCUT2D eigenvalue weighted by Crippen LogP contribution is -2.61. The SMILES string of the molecule is C=C(C)C(=O)OCC12CCC(CC3C4CC1(COC(=O)C(=C)C)C1CC4CC31)C2. The molecule has 0 aromatic heterocycles. The summed E-state index contributed by atoms with van der Waals surface area (Å²) in [6.45, 7) is 11.9. The zero-order chi connectivity index (χ0) is 20.6. The van der Waals surface area contributed by atoms with E-state index in [0.717, 1.165) is 48.9 Å². The van der Waals surface area contributed by atoms with Gasteiger partial charge in [0.15, 0.2) is 0 Å². The van der Waals surface area contributed by atoms with E-state index in [0.29, 0.717) is 30.3 Å². The molecule has 4 heteroatoms. The number of hydrogen-bond donors (Lipinski definition) is 0. The van der Waals surface area contributed by atoms with E-state index in [1.807, 2.05) is 0 Å². The van der Waals surface area contributed by atoms with Gasteiger partial charge in [0.25, 0.3) is 0 Å². The lowest BCUT2D eigenvalue weighted by Gasteiger charge is -2.63. The molecule has 0 amide bonds. The molecule has 8 atom stereocenters. The molecule has 158 valence electrons. The van der Waals surface area contributed by atoms with Gasteiger partial charge >= 0.3 is 11.9 Å². The molecule has 7 aliphatic carbocycles. The highest BCUT2D eigenvalue weighted by molar-refractivity contribution is 5.87. The molecule has 7 rings (SSSR count). The molecule has 0 saturated heterocycles. The van der Waals surface area contributed by atoms with Crippen molar-refractivity contribution in [1.29, 1.82) is 0 Å². The van der Waals surface area contributed by atoms with Gasteiger partial charge in [-0.05, 0) is 94.3 Å². The minimum Gasteiger partial charge on any atom is -0.462 e. The van der Waals surface area contributed by atoms with E-state index in [1.165, 1.54) is 25.7 Å². The van der Waals surface area contributed by atoms with Gasteiger partial charge in [-0.15, -0.1) is 0 Å². The highest BCUT2D eigenvalue weighted by atomic mass is 16.5. The minimum absolute atomic E-state index is 0.0541. The van der Waals surface area contributed by atoms with E-state index in [4.69, 9.17) is 9.47 Å². The maximum Gasteiger partial charge on any atom is 0.333 e. The monoisotopic (exact) mass is 398 g/mol. The Labute approximate surface area is 174 Å². The Morgan fingerprint density at radius 2 is 1.59 bits per heavy atom. The van der Waals surface area contributed by atoms with Gasteiger partial charge in [0.2, 0.25) is 0 Å². The van der Waals surface area contributed by atoms with Crippen LogP contribution in [0.25, 0.3) is 0 Å². The van der Waals surface area contributed by atoms with E-state index in [1.54, 1.807) is 13.8 Å². The summed E-state index contributed by atoms with van der Waals surface area (Å²) in [4.78, 5) is 24.6. The van der Waals surface area contributed by atoms with Gasteiger partial charge in [-0.2, -0.15) is 0 Å². The summed E-state index contributed by atoms with van der Waals surface area (Å²) in [6, 6.07) is 0. The fourth-order valence-electron chi connectivity index (χ4n) is 8.60. The third-order valence-corrected chi connectivity index (χ3v) is 9.67. The molecule has 8 bridgehead atoms. The van der Waals surface area contributed by atoms with Crippen molar-refractivity contribution in [2.45, 2.75) is 58.8 Å². The zero-order valence-electron chi connectivity index (χ0n) is 17.9. The summed E-state index contributed by atoms with van der Waals surface area (Å²) in [5.74, 6) is 4.05. The molecule has 4 nitrogen and oxygen atoms in total. The second-order valence-electron chi connectivity index (χ2n) is 11.0. The van der Waals surface area contributed by atoms with Gasteiger partial charge in [0, 0.05) is 22.0 Å². The average molecular weight is 399 g/mol. The van der Waals surface area contributed by atoms with Gasteiger partial charge in [-0.1, -0.05) is 13.2 Å². The molecule has 7 saturated carbocycles. The van der Waals surface area contributed by atoms with Crippen LogP contribution in [-0.2, 0) is 19.1 Å². The molecular weight excluding hydrogens is 364 g/mol. The molecule has 0 spiro atoms. The Bertz CT molecular complexity index is 782. The maximum atomic E-state index is 12.4. The molecule has 7 fully saturated rings. The van der Waals surface area contributed by atoms with E-state index in [2.05, 4.69) is 13.2 Å². The van der Waals surface area contributed by atoms with Crippen molar-refractivity contribution in [3.63, 3.8) is 0 Å². The van der Waals surface area contributed by atoms with Gasteiger partial charge < -0.3 is 9.47 Å². The lowest BCUT2D eigenvalue weighted by atomic mass is 9.42. The maximum absolute atomic E-state index is 12.4. The van der Waals surface area contributed by atoms with Gasteiger partial charge in [0.05, 0.1) is 13.2 Å². The first-order valence-electron chi connectivity index (χ1n) is 11.4. The third-order valence-electron chi connectivity index (χ3n) is 9.67. The lowest BCUT2D eigenvalue weighted by molar-refractivity contribution is -0.199. The summed E-state index contributed by atoms with van der Waals surface area (Å²) in [7, 11) is 0. The average Bonchev–Trinajstić information content (AvgIpc) is 3.35. The van der Waals surface area contributed by atoms with Gasteiger partial charge in [-0.3, -0.25) is 0 Å². The quantitative estimate of drug-likeness (QED) is 0.481. The van der Waals surface area contributed by atoms with Crippen LogP contribution >= 0.6 is 0 Å². The Morgan fingerprint density at radius 1 is 0.897 bits per heavy atom. The van der Waals surface area contributed by atoms with Gasteiger partial charge in [0.1, 0.15) is 0 Å². The second kappa shape index (κ2) is 6.46. The van der Waals surface area contributed by atoms with Gasteiger partial charge in [-0.25, -0.2) is 9.59 Å². The topological polar surface area (TPSA) is 52.6 Å². The molecule has 0 aromatic rings. The first-order chi connectivity index (χ1) is 13.8. The van der Waals surface area contributed by atoms with E-state index in [-0.39, 0.29) is 22.8 Å². The standard InChI is InChI=1S/C25H34O4/c1-14(2)22(26)28-12-24-6-5-16(10-24)7-18-19-8-17-9-21(19)25(24,11-20(17)18)13-29-23(27)15(3)4/h16-21H,1,3,5-13H2,2,4H3. The van der Waals surface area contributed by atoms with Crippen LogP contribution in [0.4, 0.5) is 0 Å². The summed E-state index contributed by atoms with van der Waals surface area (Å²) in [5, 5.41) is 0. The van der Waals surface area contributed by atoms with Crippen LogP contribution in [0.5, 0.6) is 0 Å². The third kappa shape index (κ3) is 2.63. The van der Waals surface area contributed by atoms with Crippen molar-refractivity contribution in [2.24, 2.45) is 46.3 Å². The van der Waals surface area contributed by atoms with E-state index in [9.17, 15) is 9.59 Å². The first-order valence-corrected chi connectivity index (χ1v) is 11.4. The van der Waals surface area contributed by atoms with Crippen LogP contribution < -0.4 is 0 Å². The highest BCUT2D eigenvalue weighted by Crippen LogP contribution is 2.77. The van der Waals surface area contributed by atoms with Crippen molar-refractivity contribution in [1.82, 2.24) is 0 Å². The van der Waals surface area contributed by atoms with Crippen molar-refractivity contribution in [2.75, 3.05) is 13.2 Å². The zero-order valence-corrected chi connectivity index (χ0v) is 17.9. The normalized spacial score (nSPS) is 45.7. The Hall–Kier alpha value is -1.58. The van der Waals surface area contributed by atoms with Crippen molar-refractivity contribution < 1.29 is 19.1 Å². The largest absolute Gasteiger partial charge is 0.462 e. The van der Waals surface area contributed by atoms with E-state index < -0.39 is 0 Å². The van der Waals surface area contributed by atoms with Crippen LogP contribution in [-0.4, -0.2) is 25.2 Å². The van der Waals surface area contributed by atoms with E-state index >= 15 is 0 Å². The summed E-state index contributed by atoms with van der Waals surface area (Å²) in [5.41, 5.74) is 0.793. The number of hydrogen-bond acceptors (Lipinski definition) is 4. The fourth-order valence-corrected chi connectivity index (χ4v) is 8.60. The Balaban J connectivity index is 1.52. The molecule has 8 unspecified atom stereocenters. The van der Waals surface area contributed by atoms with Crippen LogP contribution in [0.2, 0.25) is 0 Å². The predicted molar refractivity (Wildman–Crippen MR) is 110 cm³/mol. The number of rotatable bonds is 6. The van der Waals surface area contributed by atoms with Crippen molar-refractivity contribution >= 4 is 11.9 Å². The molecule has 29 heavy (non-hydrogen) atoms. The van der Waals surface area contributed by atoms with Crippen molar-refractivity contribution in [3.8, 4) is 0 Å². The molecule has 0 aromatic carbocycles. The highest BCUT2D eigenvalue weighted by Gasteiger charge is 2.72. The summed E-state index contributed by atoms with van der Waals surface area (Å²) in [6.07, 6.45) is 8.55. The van der Waals surface area contributed by atoms with Crippen LogP contribution in [0.3, 0.4) is 0 Å². The van der Waals surface area contributed by atoms with Crippen LogP contribution in [0.15, 0.2) is 24.3 Å².